The van der Waals surface area contributed by atoms with Crippen molar-refractivity contribution in [2.75, 3.05) is 57.2 Å². The molecule has 0 aliphatic carbocycles. The highest BCUT2D eigenvalue weighted by Crippen LogP contribution is 2.38. The van der Waals surface area contributed by atoms with Crippen LogP contribution in [0.4, 0.5) is 16.3 Å². The van der Waals surface area contributed by atoms with Crippen molar-refractivity contribution in [3.8, 4) is 11.5 Å². The van der Waals surface area contributed by atoms with Crippen LogP contribution in [0.5, 0.6) is 11.5 Å². The van der Waals surface area contributed by atoms with E-state index in [9.17, 15) is 4.79 Å². The van der Waals surface area contributed by atoms with E-state index in [0.29, 0.717) is 35.4 Å². The van der Waals surface area contributed by atoms with E-state index in [-0.39, 0.29) is 5.41 Å². The Morgan fingerprint density at radius 3 is 2.67 bits per heavy atom. The lowest BCUT2D eigenvalue weighted by Gasteiger charge is -2.26. The zero-order valence-corrected chi connectivity index (χ0v) is 25.1. The van der Waals surface area contributed by atoms with Crippen LogP contribution in [-0.4, -0.2) is 72.6 Å². The van der Waals surface area contributed by atoms with Crippen molar-refractivity contribution < 1.29 is 23.5 Å². The Hall–Kier alpha value is -3.87. The number of anilines is 2. The van der Waals surface area contributed by atoms with Crippen LogP contribution in [0.15, 0.2) is 63.2 Å². The molecule has 1 fully saturated rings. The molecule has 0 radical (unpaired) electrons. The number of methoxy groups -OCH3 is 1. The number of aromatic nitrogens is 3. The van der Waals surface area contributed by atoms with Gasteiger partial charge in [-0.15, -0.1) is 0 Å². The van der Waals surface area contributed by atoms with Crippen LogP contribution in [0, 0.1) is 0 Å². The van der Waals surface area contributed by atoms with E-state index in [2.05, 4.69) is 30.7 Å². The number of fused-ring (bicyclic) bond motifs is 1. The molecule has 1 aliphatic rings. The van der Waals surface area contributed by atoms with Gasteiger partial charge in [-0.05, 0) is 30.7 Å². The molecular weight excluding hydrogens is 556 g/mol. The lowest BCUT2D eigenvalue weighted by atomic mass is 9.93. The minimum Gasteiger partial charge on any atom is -0.493 e. The molecule has 1 aliphatic heterocycles. The maximum absolute atomic E-state index is 12.6. The summed E-state index contributed by atoms with van der Waals surface area (Å²) in [7, 11) is 1.63. The Labute approximate surface area is 249 Å². The monoisotopic (exact) mass is 592 g/mol. The molecule has 2 aromatic heterocycles. The summed E-state index contributed by atoms with van der Waals surface area (Å²) in [6, 6.07) is 12.6. The van der Waals surface area contributed by atoms with Gasteiger partial charge in [0.1, 0.15) is 17.1 Å². The molecular formula is C30H36N6O5S. The summed E-state index contributed by atoms with van der Waals surface area (Å²) in [5.74, 6) is 2.32. The van der Waals surface area contributed by atoms with Crippen LogP contribution in [-0.2, 0) is 10.2 Å². The Balaban J connectivity index is 1.23. The van der Waals surface area contributed by atoms with E-state index < -0.39 is 6.03 Å². The van der Waals surface area contributed by atoms with Gasteiger partial charge in [0.25, 0.3) is 0 Å². The van der Waals surface area contributed by atoms with Gasteiger partial charge in [-0.2, -0.15) is 0 Å². The molecule has 0 bridgehead atoms. The van der Waals surface area contributed by atoms with E-state index >= 15 is 0 Å². The Kier molecular flexibility index (Phi) is 9.45. The van der Waals surface area contributed by atoms with Crippen molar-refractivity contribution in [2.24, 2.45) is 0 Å². The maximum atomic E-state index is 12.6. The third kappa shape index (κ3) is 7.69. The highest BCUT2D eigenvalue weighted by atomic mass is 32.2. The fourth-order valence-corrected chi connectivity index (χ4v) is 5.33. The van der Waals surface area contributed by atoms with Crippen LogP contribution in [0.2, 0.25) is 0 Å². The summed E-state index contributed by atoms with van der Waals surface area (Å²) in [5.41, 5.74) is 1.18. The summed E-state index contributed by atoms with van der Waals surface area (Å²) in [6.45, 7) is 11.1. The average molecular weight is 593 g/mol. The Morgan fingerprint density at radius 2 is 1.90 bits per heavy atom. The number of morpholine rings is 1. The van der Waals surface area contributed by atoms with Crippen LogP contribution < -0.4 is 20.1 Å². The van der Waals surface area contributed by atoms with Gasteiger partial charge in [0.15, 0.2) is 17.3 Å². The molecule has 5 rings (SSSR count). The van der Waals surface area contributed by atoms with Gasteiger partial charge >= 0.3 is 6.03 Å². The summed E-state index contributed by atoms with van der Waals surface area (Å²) in [6.07, 6.45) is 2.45. The number of benzene rings is 2. The summed E-state index contributed by atoms with van der Waals surface area (Å²) >= 11 is 1.47. The number of amides is 2. The Morgan fingerprint density at radius 1 is 1.07 bits per heavy atom. The number of hydrogen-bond acceptors (Lipinski definition) is 10. The van der Waals surface area contributed by atoms with E-state index in [0.717, 1.165) is 60.1 Å². The first-order chi connectivity index (χ1) is 20.3. The van der Waals surface area contributed by atoms with Gasteiger partial charge in [0, 0.05) is 53.2 Å². The maximum Gasteiger partial charge on any atom is 0.324 e. The number of carbonyl (C=O) groups excluding carboxylic acids is 1. The van der Waals surface area contributed by atoms with Crippen molar-refractivity contribution in [2.45, 2.75) is 42.5 Å². The third-order valence-electron chi connectivity index (χ3n) is 6.66. The van der Waals surface area contributed by atoms with E-state index in [1.54, 1.807) is 19.5 Å². The number of urea groups is 1. The first-order valence-electron chi connectivity index (χ1n) is 13.9. The fraction of sp³-hybridized carbons (Fsp3) is 0.400. The Bertz CT molecular complexity index is 1520. The van der Waals surface area contributed by atoms with Crippen LogP contribution in [0.1, 0.15) is 33.0 Å². The third-order valence-corrected chi connectivity index (χ3v) is 7.67. The molecule has 11 nitrogen and oxygen atoms in total. The van der Waals surface area contributed by atoms with Crippen molar-refractivity contribution in [1.29, 1.82) is 0 Å². The van der Waals surface area contributed by atoms with E-state index in [1.807, 2.05) is 57.2 Å². The predicted octanol–water partition coefficient (Wildman–Crippen LogP) is 5.82. The lowest BCUT2D eigenvalue weighted by Crippen LogP contribution is -2.37. The van der Waals surface area contributed by atoms with Crippen molar-refractivity contribution in [3.63, 3.8) is 0 Å². The van der Waals surface area contributed by atoms with Crippen LogP contribution >= 0.6 is 11.8 Å². The molecule has 222 valence electrons. The van der Waals surface area contributed by atoms with Crippen molar-refractivity contribution in [3.05, 3.63) is 54.6 Å². The van der Waals surface area contributed by atoms with Crippen LogP contribution in [0.25, 0.3) is 10.9 Å². The van der Waals surface area contributed by atoms with Gasteiger partial charge in [-0.25, -0.2) is 14.8 Å². The minimum absolute atomic E-state index is 0.206. The van der Waals surface area contributed by atoms with Gasteiger partial charge in [-0.3, -0.25) is 10.2 Å². The zero-order chi connectivity index (χ0) is 29.5. The molecule has 1 saturated heterocycles. The summed E-state index contributed by atoms with van der Waals surface area (Å²) in [5, 5.41) is 11.1. The van der Waals surface area contributed by atoms with Crippen molar-refractivity contribution in [1.82, 2.24) is 20.0 Å². The highest BCUT2D eigenvalue weighted by molar-refractivity contribution is 7.99. The van der Waals surface area contributed by atoms with Crippen molar-refractivity contribution >= 4 is 40.2 Å². The van der Waals surface area contributed by atoms with E-state index in [1.165, 1.54) is 11.8 Å². The second kappa shape index (κ2) is 13.4. The molecule has 0 saturated carbocycles. The SMILES string of the molecule is COc1cc2c(Sc3cccc(NC(=O)Nc4cc(C(C)(C)C)on4)c3)ncnc2cc1OCCCN1CCOCC1. The minimum atomic E-state index is -0.416. The standard InChI is InChI=1S/C30H36N6O5S/c1-30(2,3)26-18-27(35-41-26)34-29(37)33-20-7-5-8-21(15-20)42-28-22-16-24(38-4)25(17-23(22)31-19-32-28)40-12-6-9-36-10-13-39-14-11-36/h5,7-8,15-19H,6,9-14H2,1-4H3,(H2,33,34,35,37). The number of rotatable bonds is 10. The summed E-state index contributed by atoms with van der Waals surface area (Å²) in [4.78, 5) is 24.9. The topological polar surface area (TPSA) is 124 Å². The number of nitrogens with zero attached hydrogens (tertiary/aromatic N) is 4. The normalized spacial score (nSPS) is 14.1. The van der Waals surface area contributed by atoms with Gasteiger partial charge in [0.05, 0.1) is 32.4 Å². The summed E-state index contributed by atoms with van der Waals surface area (Å²) < 4.78 is 22.5. The molecule has 12 heteroatoms. The second-order valence-electron chi connectivity index (χ2n) is 10.9. The van der Waals surface area contributed by atoms with Crippen LogP contribution in [0.3, 0.4) is 0 Å². The molecule has 3 heterocycles. The number of ether oxygens (including phenoxy) is 3. The smallest absolute Gasteiger partial charge is 0.324 e. The first-order valence-corrected chi connectivity index (χ1v) is 14.7. The largest absolute Gasteiger partial charge is 0.493 e. The van der Waals surface area contributed by atoms with Gasteiger partial charge in [-0.1, -0.05) is 43.8 Å². The lowest BCUT2D eigenvalue weighted by molar-refractivity contribution is 0.0357. The zero-order valence-electron chi connectivity index (χ0n) is 24.3. The molecule has 0 atom stereocenters. The number of hydrogen-bond donors (Lipinski definition) is 2. The number of nitrogens with one attached hydrogen (secondary N) is 2. The van der Waals surface area contributed by atoms with E-state index in [4.69, 9.17) is 18.7 Å². The number of carbonyl (C=O) groups is 1. The first kappa shape index (κ1) is 29.6. The van der Waals surface area contributed by atoms with Gasteiger partial charge < -0.3 is 24.1 Å². The molecule has 0 spiro atoms. The average Bonchev–Trinajstić information content (AvgIpc) is 3.45. The molecule has 2 aromatic carbocycles. The molecule has 0 unspecified atom stereocenters. The fourth-order valence-electron chi connectivity index (χ4n) is 4.40. The van der Waals surface area contributed by atoms with Gasteiger partial charge in [0.2, 0.25) is 0 Å². The second-order valence-corrected chi connectivity index (χ2v) is 12.0. The predicted molar refractivity (Wildman–Crippen MR) is 162 cm³/mol. The molecule has 2 N–H and O–H groups in total. The quantitative estimate of drug-likeness (QED) is 0.172. The molecule has 4 aromatic rings. The molecule has 42 heavy (non-hydrogen) atoms. The molecule has 2 amide bonds. The highest BCUT2D eigenvalue weighted by Gasteiger charge is 2.20.